The smallest absolute Gasteiger partial charge is 0.324 e. The number of hydrogen-bond acceptors (Lipinski definition) is 3. The largest absolute Gasteiger partial charge is 0.345 e. The number of urea groups is 1. The molecule has 0 unspecified atom stereocenters. The molecule has 2 aromatic rings. The Balaban J connectivity index is 1.59. The number of nitrogens with one attached hydrogen (secondary N) is 1. The molecule has 1 N–H and O–H groups in total. The number of aromatic nitrogens is 1. The first-order valence-corrected chi connectivity index (χ1v) is 8.98. The van der Waals surface area contributed by atoms with E-state index in [4.69, 9.17) is 0 Å². The minimum atomic E-state index is -0.281. The average molecular weight is 340 g/mol. The standard InChI is InChI=1S/C19H24N4O2/c1-21-8-6-14(7-9-21)16-13-22(17-5-3-2-4-15(16)17)10-11-23-18(24)12-20-19(23)25/h2-5,13-14H,6-12H2,1H3,(H,20,25). The molecule has 2 saturated heterocycles. The van der Waals surface area contributed by atoms with Gasteiger partial charge < -0.3 is 14.8 Å². The third-order valence-electron chi connectivity index (χ3n) is 5.48. The van der Waals surface area contributed by atoms with Gasteiger partial charge in [-0.25, -0.2) is 4.79 Å². The summed E-state index contributed by atoms with van der Waals surface area (Å²) in [5.74, 6) is 0.441. The number of hydrogen-bond donors (Lipinski definition) is 1. The molecule has 0 radical (unpaired) electrons. The fraction of sp³-hybridized carbons (Fsp3) is 0.474. The summed E-state index contributed by atoms with van der Waals surface area (Å²) in [5, 5.41) is 3.88. The molecule has 6 heteroatoms. The zero-order valence-electron chi connectivity index (χ0n) is 14.6. The summed E-state index contributed by atoms with van der Waals surface area (Å²) in [6.07, 6.45) is 4.59. The highest BCUT2D eigenvalue weighted by Gasteiger charge is 2.28. The molecule has 2 aliphatic rings. The Labute approximate surface area is 147 Å². The lowest BCUT2D eigenvalue weighted by Crippen LogP contribution is -2.33. The van der Waals surface area contributed by atoms with Crippen molar-refractivity contribution in [2.75, 3.05) is 33.2 Å². The molecular formula is C19H24N4O2. The Morgan fingerprint density at radius 3 is 2.60 bits per heavy atom. The molecule has 4 rings (SSSR count). The first kappa shape index (κ1) is 16.1. The van der Waals surface area contributed by atoms with E-state index in [1.165, 1.54) is 34.2 Å². The van der Waals surface area contributed by atoms with Crippen molar-refractivity contribution in [3.63, 3.8) is 0 Å². The number of piperidine rings is 1. The number of amides is 3. The Morgan fingerprint density at radius 1 is 1.12 bits per heavy atom. The van der Waals surface area contributed by atoms with Crippen LogP contribution in [0.5, 0.6) is 0 Å². The molecule has 1 aromatic carbocycles. The molecule has 2 fully saturated rings. The molecule has 6 nitrogen and oxygen atoms in total. The summed E-state index contributed by atoms with van der Waals surface area (Å²) in [6.45, 7) is 3.42. The van der Waals surface area contributed by atoms with E-state index in [1.54, 1.807) is 0 Å². The molecule has 1 aromatic heterocycles. The van der Waals surface area contributed by atoms with Crippen molar-refractivity contribution in [3.8, 4) is 0 Å². The minimum Gasteiger partial charge on any atom is -0.345 e. The number of nitrogens with zero attached hydrogens (tertiary/aromatic N) is 3. The van der Waals surface area contributed by atoms with Crippen LogP contribution in [-0.2, 0) is 11.3 Å². The van der Waals surface area contributed by atoms with Crippen LogP contribution in [0.15, 0.2) is 30.5 Å². The molecule has 0 aliphatic carbocycles. The normalized spacial score (nSPS) is 19.8. The SMILES string of the molecule is CN1CCC(c2cn(CCN3C(=O)CNC3=O)c3ccccc23)CC1. The van der Waals surface area contributed by atoms with E-state index < -0.39 is 0 Å². The second-order valence-electron chi connectivity index (χ2n) is 7.08. The van der Waals surface area contributed by atoms with Crippen LogP contribution < -0.4 is 5.32 Å². The first-order chi connectivity index (χ1) is 12.1. The highest BCUT2D eigenvalue weighted by molar-refractivity contribution is 6.01. The van der Waals surface area contributed by atoms with Gasteiger partial charge in [0.15, 0.2) is 0 Å². The third kappa shape index (κ3) is 3.02. The van der Waals surface area contributed by atoms with Gasteiger partial charge in [-0.3, -0.25) is 9.69 Å². The van der Waals surface area contributed by atoms with Gasteiger partial charge in [0, 0.05) is 30.2 Å². The van der Waals surface area contributed by atoms with Gasteiger partial charge in [-0.05, 0) is 50.5 Å². The van der Waals surface area contributed by atoms with Crippen LogP contribution in [0.1, 0.15) is 24.3 Å². The summed E-state index contributed by atoms with van der Waals surface area (Å²) >= 11 is 0. The monoisotopic (exact) mass is 340 g/mol. The van der Waals surface area contributed by atoms with Crippen LogP contribution in [0.3, 0.4) is 0 Å². The van der Waals surface area contributed by atoms with E-state index in [-0.39, 0.29) is 18.5 Å². The molecule has 0 saturated carbocycles. The van der Waals surface area contributed by atoms with Gasteiger partial charge in [0.05, 0.1) is 6.54 Å². The summed E-state index contributed by atoms with van der Waals surface area (Å²) in [5.41, 5.74) is 2.59. The summed E-state index contributed by atoms with van der Waals surface area (Å²) < 4.78 is 2.20. The number of likely N-dealkylation sites (tertiary alicyclic amines) is 1. The second kappa shape index (κ2) is 6.52. The number of carbonyl (C=O) groups is 2. The lowest BCUT2D eigenvalue weighted by molar-refractivity contribution is -0.125. The van der Waals surface area contributed by atoms with Crippen LogP contribution in [-0.4, -0.2) is 59.5 Å². The summed E-state index contributed by atoms with van der Waals surface area (Å²) in [7, 11) is 2.18. The van der Waals surface area contributed by atoms with Crippen LogP contribution >= 0.6 is 0 Å². The molecular weight excluding hydrogens is 316 g/mol. The van der Waals surface area contributed by atoms with Crippen LogP contribution in [0.25, 0.3) is 10.9 Å². The number of para-hydroxylation sites is 1. The lowest BCUT2D eigenvalue weighted by atomic mass is 9.89. The number of benzene rings is 1. The van der Waals surface area contributed by atoms with E-state index in [9.17, 15) is 9.59 Å². The van der Waals surface area contributed by atoms with Gasteiger partial charge in [-0.1, -0.05) is 18.2 Å². The number of rotatable bonds is 4. The third-order valence-corrected chi connectivity index (χ3v) is 5.48. The predicted molar refractivity (Wildman–Crippen MR) is 96.5 cm³/mol. The van der Waals surface area contributed by atoms with Crippen molar-refractivity contribution < 1.29 is 9.59 Å². The van der Waals surface area contributed by atoms with Crippen LogP contribution in [0.2, 0.25) is 0 Å². The predicted octanol–water partition coefficient (Wildman–Crippen LogP) is 2.00. The van der Waals surface area contributed by atoms with Gasteiger partial charge in [0.2, 0.25) is 5.91 Å². The van der Waals surface area contributed by atoms with Crippen molar-refractivity contribution in [1.82, 2.24) is 19.7 Å². The van der Waals surface area contributed by atoms with E-state index in [1.807, 2.05) is 6.07 Å². The number of imide groups is 1. The Hall–Kier alpha value is -2.34. The molecule has 3 heterocycles. The highest BCUT2D eigenvalue weighted by Crippen LogP contribution is 2.34. The maximum absolute atomic E-state index is 11.8. The molecule has 132 valence electrons. The van der Waals surface area contributed by atoms with Crippen molar-refractivity contribution in [1.29, 1.82) is 0 Å². The molecule has 25 heavy (non-hydrogen) atoms. The Kier molecular flexibility index (Phi) is 4.21. The van der Waals surface area contributed by atoms with Crippen LogP contribution in [0.4, 0.5) is 4.79 Å². The molecule has 0 spiro atoms. The van der Waals surface area contributed by atoms with Crippen molar-refractivity contribution in [2.45, 2.75) is 25.3 Å². The number of carbonyl (C=O) groups excluding carboxylic acids is 2. The van der Waals surface area contributed by atoms with Gasteiger partial charge in [0.25, 0.3) is 0 Å². The second-order valence-corrected chi connectivity index (χ2v) is 7.08. The Bertz CT molecular complexity index is 789. The molecule has 0 atom stereocenters. The Morgan fingerprint density at radius 2 is 1.88 bits per heavy atom. The molecule has 2 aliphatic heterocycles. The van der Waals surface area contributed by atoms with E-state index in [0.29, 0.717) is 19.0 Å². The van der Waals surface area contributed by atoms with Gasteiger partial charge in [-0.15, -0.1) is 0 Å². The van der Waals surface area contributed by atoms with Gasteiger partial charge in [-0.2, -0.15) is 0 Å². The van der Waals surface area contributed by atoms with Gasteiger partial charge >= 0.3 is 6.03 Å². The minimum absolute atomic E-state index is 0.117. The topological polar surface area (TPSA) is 57.6 Å². The summed E-state index contributed by atoms with van der Waals surface area (Å²) in [4.78, 5) is 27.2. The average Bonchev–Trinajstić information content (AvgIpc) is 3.15. The van der Waals surface area contributed by atoms with E-state index >= 15 is 0 Å². The van der Waals surface area contributed by atoms with Crippen molar-refractivity contribution in [3.05, 3.63) is 36.0 Å². The molecule has 3 amide bonds. The lowest BCUT2D eigenvalue weighted by Gasteiger charge is -2.28. The zero-order chi connectivity index (χ0) is 17.4. The zero-order valence-corrected chi connectivity index (χ0v) is 14.6. The van der Waals surface area contributed by atoms with Crippen LogP contribution in [0, 0.1) is 0 Å². The number of fused-ring (bicyclic) bond motifs is 1. The molecule has 0 bridgehead atoms. The highest BCUT2D eigenvalue weighted by atomic mass is 16.2. The first-order valence-electron chi connectivity index (χ1n) is 8.98. The van der Waals surface area contributed by atoms with E-state index in [2.05, 4.69) is 46.2 Å². The van der Waals surface area contributed by atoms with Gasteiger partial charge in [0.1, 0.15) is 0 Å². The fourth-order valence-electron chi connectivity index (χ4n) is 3.99. The van der Waals surface area contributed by atoms with Crippen molar-refractivity contribution >= 4 is 22.8 Å². The van der Waals surface area contributed by atoms with Crippen molar-refractivity contribution in [2.24, 2.45) is 0 Å². The maximum atomic E-state index is 11.8. The quantitative estimate of drug-likeness (QED) is 0.866. The van der Waals surface area contributed by atoms with E-state index in [0.717, 1.165) is 13.1 Å². The fourth-order valence-corrected chi connectivity index (χ4v) is 3.99. The summed E-state index contributed by atoms with van der Waals surface area (Å²) in [6, 6.07) is 8.16. The maximum Gasteiger partial charge on any atom is 0.324 e.